The van der Waals surface area contributed by atoms with Crippen LogP contribution in [0.3, 0.4) is 0 Å². The molecule has 6 nitrogen and oxygen atoms in total. The summed E-state index contributed by atoms with van der Waals surface area (Å²) in [4.78, 5) is 12.0. The molecule has 0 saturated carbocycles. The molecule has 2 rings (SSSR count). The maximum Gasteiger partial charge on any atom is 0.241 e. The average molecular weight is 366 g/mol. The van der Waals surface area contributed by atoms with E-state index in [-0.39, 0.29) is 11.4 Å². The minimum Gasteiger partial charge on any atom is -0.497 e. The molecule has 0 aliphatic heterocycles. The van der Waals surface area contributed by atoms with Crippen molar-refractivity contribution >= 4 is 15.9 Å². The Hall–Kier alpha value is -2.45. The van der Waals surface area contributed by atoms with E-state index in [1.54, 1.807) is 31.4 Å². The first-order chi connectivity index (χ1) is 11.8. The van der Waals surface area contributed by atoms with Gasteiger partial charge in [-0.25, -0.2) is 12.8 Å². The minimum absolute atomic E-state index is 0.108. The molecule has 2 aromatic rings. The molecule has 0 unspecified atom stereocenters. The summed E-state index contributed by atoms with van der Waals surface area (Å²) in [6, 6.07) is 10.5. The standard InChI is InChI=1S/C17H19FN2O4S/c1-12(20-25(22,23)16-9-5-14(18)6-10-16)17(21)19-11-13-3-7-15(24-2)8-4-13/h3-10,12,20H,11H2,1-2H3,(H,19,21)/t12-/m1/s1. The van der Waals surface area contributed by atoms with E-state index in [2.05, 4.69) is 10.0 Å². The second-order valence-electron chi connectivity index (χ2n) is 5.36. The van der Waals surface area contributed by atoms with Crippen molar-refractivity contribution in [2.75, 3.05) is 7.11 Å². The summed E-state index contributed by atoms with van der Waals surface area (Å²) in [6.45, 7) is 1.69. The van der Waals surface area contributed by atoms with Crippen LogP contribution in [0.1, 0.15) is 12.5 Å². The average Bonchev–Trinajstić information content (AvgIpc) is 2.60. The Morgan fingerprint density at radius 2 is 1.72 bits per heavy atom. The number of sulfonamides is 1. The van der Waals surface area contributed by atoms with Crippen molar-refractivity contribution in [3.8, 4) is 5.75 Å². The highest BCUT2D eigenvalue weighted by Crippen LogP contribution is 2.12. The molecule has 1 atom stereocenters. The van der Waals surface area contributed by atoms with E-state index in [1.165, 1.54) is 6.92 Å². The molecular weight excluding hydrogens is 347 g/mol. The van der Waals surface area contributed by atoms with E-state index in [0.717, 1.165) is 29.8 Å². The van der Waals surface area contributed by atoms with Gasteiger partial charge in [-0.3, -0.25) is 4.79 Å². The van der Waals surface area contributed by atoms with E-state index < -0.39 is 27.8 Å². The molecule has 134 valence electrons. The van der Waals surface area contributed by atoms with E-state index in [1.807, 2.05) is 0 Å². The molecule has 0 aliphatic rings. The first-order valence-corrected chi connectivity index (χ1v) is 8.98. The number of rotatable bonds is 7. The molecular formula is C17H19FN2O4S. The fourth-order valence-electron chi connectivity index (χ4n) is 2.05. The molecule has 8 heteroatoms. The number of hydrogen-bond donors (Lipinski definition) is 2. The van der Waals surface area contributed by atoms with Crippen LogP contribution < -0.4 is 14.8 Å². The summed E-state index contributed by atoms with van der Waals surface area (Å²) in [5.41, 5.74) is 0.850. The lowest BCUT2D eigenvalue weighted by Gasteiger charge is -2.14. The van der Waals surface area contributed by atoms with Crippen LogP contribution in [-0.4, -0.2) is 27.5 Å². The first kappa shape index (κ1) is 18.9. The quantitative estimate of drug-likeness (QED) is 0.783. The van der Waals surface area contributed by atoms with Crippen LogP contribution in [0.5, 0.6) is 5.75 Å². The highest BCUT2D eigenvalue weighted by molar-refractivity contribution is 7.89. The number of nitrogens with one attached hydrogen (secondary N) is 2. The Morgan fingerprint density at radius 1 is 1.12 bits per heavy atom. The van der Waals surface area contributed by atoms with Crippen LogP contribution in [0.15, 0.2) is 53.4 Å². The van der Waals surface area contributed by atoms with E-state index in [9.17, 15) is 17.6 Å². The van der Waals surface area contributed by atoms with E-state index >= 15 is 0 Å². The Bertz CT molecular complexity index is 821. The van der Waals surface area contributed by atoms with Gasteiger partial charge < -0.3 is 10.1 Å². The molecule has 0 spiro atoms. The van der Waals surface area contributed by atoms with Gasteiger partial charge in [-0.05, 0) is 48.9 Å². The van der Waals surface area contributed by atoms with E-state index in [4.69, 9.17) is 4.74 Å². The molecule has 0 bridgehead atoms. The van der Waals surface area contributed by atoms with Crippen molar-refractivity contribution in [2.24, 2.45) is 0 Å². The maximum atomic E-state index is 12.9. The number of methoxy groups -OCH3 is 1. The third kappa shape index (κ3) is 5.27. The zero-order chi connectivity index (χ0) is 18.4. The number of benzene rings is 2. The molecule has 0 aromatic heterocycles. The van der Waals surface area contributed by atoms with Gasteiger partial charge in [-0.2, -0.15) is 4.72 Å². The molecule has 0 saturated heterocycles. The van der Waals surface area contributed by atoms with Crippen LogP contribution in [0, 0.1) is 5.82 Å². The summed E-state index contributed by atoms with van der Waals surface area (Å²) in [7, 11) is -2.35. The Morgan fingerprint density at radius 3 is 2.28 bits per heavy atom. The first-order valence-electron chi connectivity index (χ1n) is 7.50. The predicted molar refractivity (Wildman–Crippen MR) is 91.0 cm³/mol. The summed E-state index contributed by atoms with van der Waals surface area (Å²) in [5, 5.41) is 2.65. The van der Waals surface area contributed by atoms with Crippen LogP contribution >= 0.6 is 0 Å². The number of amides is 1. The lowest BCUT2D eigenvalue weighted by molar-refractivity contribution is -0.122. The van der Waals surface area contributed by atoms with Crippen molar-refractivity contribution in [3.63, 3.8) is 0 Å². The lowest BCUT2D eigenvalue weighted by Crippen LogP contribution is -2.44. The van der Waals surface area contributed by atoms with Gasteiger partial charge in [0.05, 0.1) is 18.0 Å². The van der Waals surface area contributed by atoms with Crippen molar-refractivity contribution in [2.45, 2.75) is 24.4 Å². The van der Waals surface area contributed by atoms with Crippen molar-refractivity contribution in [3.05, 3.63) is 59.9 Å². The normalized spacial score (nSPS) is 12.4. The smallest absolute Gasteiger partial charge is 0.241 e. The van der Waals surface area contributed by atoms with E-state index in [0.29, 0.717) is 5.75 Å². The number of carbonyl (C=O) groups excluding carboxylic acids is 1. The SMILES string of the molecule is COc1ccc(CNC(=O)[C@@H](C)NS(=O)(=O)c2ccc(F)cc2)cc1. The third-order valence-electron chi connectivity index (χ3n) is 3.47. The van der Waals surface area contributed by atoms with Crippen molar-refractivity contribution in [1.82, 2.24) is 10.0 Å². The Labute approximate surface area is 146 Å². The van der Waals surface area contributed by atoms with Gasteiger partial charge in [-0.1, -0.05) is 12.1 Å². The highest BCUT2D eigenvalue weighted by atomic mass is 32.2. The van der Waals surface area contributed by atoms with Gasteiger partial charge >= 0.3 is 0 Å². The second-order valence-corrected chi connectivity index (χ2v) is 7.08. The number of ether oxygens (including phenoxy) is 1. The zero-order valence-electron chi connectivity index (χ0n) is 13.8. The zero-order valence-corrected chi connectivity index (χ0v) is 14.6. The maximum absolute atomic E-state index is 12.9. The molecule has 25 heavy (non-hydrogen) atoms. The van der Waals surface area contributed by atoms with Crippen LogP contribution in [0.25, 0.3) is 0 Å². The van der Waals surface area contributed by atoms with Crippen LogP contribution in [0.4, 0.5) is 4.39 Å². The molecule has 2 N–H and O–H groups in total. The van der Waals surface area contributed by atoms with Crippen LogP contribution in [-0.2, 0) is 21.4 Å². The largest absolute Gasteiger partial charge is 0.497 e. The van der Waals surface area contributed by atoms with Crippen molar-refractivity contribution < 1.29 is 22.3 Å². The molecule has 0 radical (unpaired) electrons. The lowest BCUT2D eigenvalue weighted by atomic mass is 10.2. The molecule has 1 amide bonds. The van der Waals surface area contributed by atoms with Crippen molar-refractivity contribution in [1.29, 1.82) is 0 Å². The van der Waals surface area contributed by atoms with Gasteiger partial charge in [0.25, 0.3) is 0 Å². The second kappa shape index (κ2) is 8.09. The fourth-order valence-corrected chi connectivity index (χ4v) is 3.26. The molecule has 0 fully saturated rings. The Balaban J connectivity index is 1.93. The highest BCUT2D eigenvalue weighted by Gasteiger charge is 2.21. The van der Waals surface area contributed by atoms with Gasteiger partial charge in [0, 0.05) is 6.54 Å². The number of carbonyl (C=O) groups is 1. The van der Waals surface area contributed by atoms with Gasteiger partial charge in [0.2, 0.25) is 15.9 Å². The van der Waals surface area contributed by atoms with Gasteiger partial charge in [0.1, 0.15) is 11.6 Å². The monoisotopic (exact) mass is 366 g/mol. The van der Waals surface area contributed by atoms with Gasteiger partial charge in [-0.15, -0.1) is 0 Å². The third-order valence-corrected chi connectivity index (χ3v) is 5.03. The summed E-state index contributed by atoms with van der Waals surface area (Å²) >= 11 is 0. The summed E-state index contributed by atoms with van der Waals surface area (Å²) in [6.07, 6.45) is 0. The summed E-state index contributed by atoms with van der Waals surface area (Å²) in [5.74, 6) is -0.304. The predicted octanol–water partition coefficient (Wildman–Crippen LogP) is 1.82. The van der Waals surface area contributed by atoms with Gasteiger partial charge in [0.15, 0.2) is 0 Å². The molecule has 0 heterocycles. The number of halogens is 1. The topological polar surface area (TPSA) is 84.5 Å². The Kier molecular flexibility index (Phi) is 6.11. The minimum atomic E-state index is -3.91. The summed E-state index contributed by atoms with van der Waals surface area (Å²) < 4.78 is 44.6. The molecule has 2 aromatic carbocycles. The van der Waals surface area contributed by atoms with Crippen LogP contribution in [0.2, 0.25) is 0 Å². The number of hydrogen-bond acceptors (Lipinski definition) is 4. The fraction of sp³-hybridized carbons (Fsp3) is 0.235. The molecule has 0 aliphatic carbocycles.